The third-order valence-electron chi connectivity index (χ3n) is 3.46. The van der Waals surface area contributed by atoms with Crippen molar-refractivity contribution in [3.05, 3.63) is 35.6 Å². The van der Waals surface area contributed by atoms with Crippen LogP contribution < -0.4 is 0 Å². The standard InChI is InChI=1S/C15H20FNO2/c1-11-10-19-12(2)8-17(11)9-14(18)7-13-5-3-4-6-15(13)16/h3-6,11-12H,7-10H2,1-2H3. The van der Waals surface area contributed by atoms with Crippen LogP contribution in [0.1, 0.15) is 19.4 Å². The van der Waals surface area contributed by atoms with Crippen LogP contribution in [0.5, 0.6) is 0 Å². The fourth-order valence-corrected chi connectivity index (χ4v) is 2.33. The quantitative estimate of drug-likeness (QED) is 0.834. The number of benzene rings is 1. The summed E-state index contributed by atoms with van der Waals surface area (Å²) in [6.07, 6.45) is 0.308. The molecule has 1 aromatic rings. The topological polar surface area (TPSA) is 29.5 Å². The first-order valence-electron chi connectivity index (χ1n) is 6.67. The lowest BCUT2D eigenvalue weighted by Crippen LogP contribution is -2.49. The highest BCUT2D eigenvalue weighted by Crippen LogP contribution is 2.13. The summed E-state index contributed by atoms with van der Waals surface area (Å²) in [7, 11) is 0. The summed E-state index contributed by atoms with van der Waals surface area (Å²) in [5.41, 5.74) is 0.474. The molecule has 1 fully saturated rings. The second-order valence-electron chi connectivity index (χ2n) is 5.23. The molecule has 19 heavy (non-hydrogen) atoms. The summed E-state index contributed by atoms with van der Waals surface area (Å²) in [5, 5.41) is 0. The molecule has 3 nitrogen and oxygen atoms in total. The van der Waals surface area contributed by atoms with Crippen LogP contribution in [0.4, 0.5) is 4.39 Å². The van der Waals surface area contributed by atoms with Gasteiger partial charge in [0.15, 0.2) is 5.78 Å². The van der Waals surface area contributed by atoms with Gasteiger partial charge in [-0.3, -0.25) is 9.69 Å². The lowest BCUT2D eigenvalue weighted by Gasteiger charge is -2.36. The highest BCUT2D eigenvalue weighted by atomic mass is 19.1. The summed E-state index contributed by atoms with van der Waals surface area (Å²) >= 11 is 0. The maximum atomic E-state index is 13.5. The minimum Gasteiger partial charge on any atom is -0.376 e. The second kappa shape index (κ2) is 6.26. The van der Waals surface area contributed by atoms with Crippen LogP contribution in [0, 0.1) is 5.82 Å². The first-order chi connectivity index (χ1) is 9.06. The lowest BCUT2D eigenvalue weighted by molar-refractivity contribution is -0.123. The number of ether oxygens (including phenoxy) is 1. The highest BCUT2D eigenvalue weighted by molar-refractivity contribution is 5.82. The molecule has 0 aliphatic carbocycles. The minimum atomic E-state index is -0.306. The maximum Gasteiger partial charge on any atom is 0.151 e. The van der Waals surface area contributed by atoms with E-state index in [0.29, 0.717) is 18.7 Å². The molecule has 0 saturated carbocycles. The van der Waals surface area contributed by atoms with Crippen molar-refractivity contribution < 1.29 is 13.9 Å². The van der Waals surface area contributed by atoms with Crippen LogP contribution in [-0.2, 0) is 16.0 Å². The van der Waals surface area contributed by atoms with Crippen molar-refractivity contribution in [3.8, 4) is 0 Å². The Morgan fingerprint density at radius 1 is 1.42 bits per heavy atom. The van der Waals surface area contributed by atoms with E-state index in [4.69, 9.17) is 4.74 Å². The molecule has 1 heterocycles. The van der Waals surface area contributed by atoms with Gasteiger partial charge in [-0.25, -0.2) is 4.39 Å². The van der Waals surface area contributed by atoms with Crippen molar-refractivity contribution in [1.29, 1.82) is 0 Å². The largest absolute Gasteiger partial charge is 0.376 e. The molecule has 1 aliphatic rings. The second-order valence-corrected chi connectivity index (χ2v) is 5.23. The predicted octanol–water partition coefficient (Wildman–Crippen LogP) is 2.05. The van der Waals surface area contributed by atoms with Gasteiger partial charge in [0.05, 0.1) is 19.3 Å². The van der Waals surface area contributed by atoms with E-state index in [2.05, 4.69) is 4.90 Å². The van der Waals surface area contributed by atoms with E-state index in [-0.39, 0.29) is 30.2 Å². The van der Waals surface area contributed by atoms with Crippen LogP contribution in [-0.4, -0.2) is 42.5 Å². The molecule has 1 aliphatic heterocycles. The molecular weight excluding hydrogens is 245 g/mol. The summed E-state index contributed by atoms with van der Waals surface area (Å²) in [6.45, 7) is 5.81. The Hall–Kier alpha value is -1.26. The highest BCUT2D eigenvalue weighted by Gasteiger charge is 2.25. The number of morpholine rings is 1. The molecule has 4 heteroatoms. The van der Waals surface area contributed by atoms with Gasteiger partial charge in [-0.05, 0) is 25.5 Å². The van der Waals surface area contributed by atoms with E-state index in [9.17, 15) is 9.18 Å². The van der Waals surface area contributed by atoms with Crippen LogP contribution in [0.15, 0.2) is 24.3 Å². The van der Waals surface area contributed by atoms with Gasteiger partial charge in [0.2, 0.25) is 0 Å². The number of nitrogens with zero attached hydrogens (tertiary/aromatic N) is 1. The van der Waals surface area contributed by atoms with Crippen molar-refractivity contribution in [2.75, 3.05) is 19.7 Å². The monoisotopic (exact) mass is 265 g/mol. The van der Waals surface area contributed by atoms with E-state index in [1.54, 1.807) is 18.2 Å². The summed E-state index contributed by atoms with van der Waals surface area (Å²) in [4.78, 5) is 14.1. The minimum absolute atomic E-state index is 0.0473. The molecule has 0 amide bonds. The molecule has 0 bridgehead atoms. The normalized spacial score (nSPS) is 24.4. The Morgan fingerprint density at radius 3 is 2.89 bits per heavy atom. The van der Waals surface area contributed by atoms with Crippen molar-refractivity contribution >= 4 is 5.78 Å². The maximum absolute atomic E-state index is 13.5. The van der Waals surface area contributed by atoms with E-state index in [1.165, 1.54) is 6.07 Å². The molecule has 2 rings (SSSR count). The Labute approximate surface area is 113 Å². The average Bonchev–Trinajstić information content (AvgIpc) is 2.37. The van der Waals surface area contributed by atoms with E-state index < -0.39 is 0 Å². The molecule has 0 radical (unpaired) electrons. The first kappa shape index (κ1) is 14.2. The van der Waals surface area contributed by atoms with E-state index in [1.807, 2.05) is 13.8 Å². The zero-order valence-corrected chi connectivity index (χ0v) is 11.4. The van der Waals surface area contributed by atoms with Gasteiger partial charge in [-0.15, -0.1) is 0 Å². The van der Waals surface area contributed by atoms with Gasteiger partial charge in [0, 0.05) is 19.0 Å². The summed E-state index contributed by atoms with van der Waals surface area (Å²) < 4.78 is 19.0. The predicted molar refractivity (Wildman–Crippen MR) is 71.6 cm³/mol. The molecule has 1 aromatic carbocycles. The third-order valence-corrected chi connectivity index (χ3v) is 3.46. The van der Waals surface area contributed by atoms with Gasteiger partial charge < -0.3 is 4.74 Å². The Bertz CT molecular complexity index is 450. The third kappa shape index (κ3) is 3.85. The number of halogens is 1. The molecule has 0 N–H and O–H groups in total. The molecular formula is C15H20FNO2. The van der Waals surface area contributed by atoms with Crippen LogP contribution in [0.3, 0.4) is 0 Å². The fraction of sp³-hybridized carbons (Fsp3) is 0.533. The van der Waals surface area contributed by atoms with Crippen LogP contribution in [0.2, 0.25) is 0 Å². The smallest absolute Gasteiger partial charge is 0.151 e. The van der Waals surface area contributed by atoms with Crippen molar-refractivity contribution in [1.82, 2.24) is 4.90 Å². The molecule has 104 valence electrons. The number of hydrogen-bond donors (Lipinski definition) is 0. The van der Waals surface area contributed by atoms with Crippen LogP contribution >= 0.6 is 0 Å². The van der Waals surface area contributed by atoms with Crippen molar-refractivity contribution in [3.63, 3.8) is 0 Å². The number of hydrogen-bond acceptors (Lipinski definition) is 3. The number of ketones is 1. The van der Waals surface area contributed by atoms with E-state index >= 15 is 0 Å². The number of Topliss-reactive ketones (excluding diaryl/α,β-unsaturated/α-hetero) is 1. The summed E-state index contributed by atoms with van der Waals surface area (Å²) in [5.74, 6) is -0.259. The van der Waals surface area contributed by atoms with Crippen molar-refractivity contribution in [2.45, 2.75) is 32.4 Å². The average molecular weight is 265 g/mol. The van der Waals surface area contributed by atoms with Crippen molar-refractivity contribution in [2.24, 2.45) is 0 Å². The Balaban J connectivity index is 1.92. The Kier molecular flexibility index (Phi) is 4.66. The molecule has 0 aromatic heterocycles. The molecule has 2 atom stereocenters. The van der Waals surface area contributed by atoms with Gasteiger partial charge in [-0.2, -0.15) is 0 Å². The van der Waals surface area contributed by atoms with Gasteiger partial charge in [0.1, 0.15) is 5.82 Å². The zero-order chi connectivity index (χ0) is 13.8. The first-order valence-corrected chi connectivity index (χ1v) is 6.67. The Morgan fingerprint density at radius 2 is 2.16 bits per heavy atom. The van der Waals surface area contributed by atoms with E-state index in [0.717, 1.165) is 6.54 Å². The molecule has 0 spiro atoms. The van der Waals surface area contributed by atoms with Crippen LogP contribution in [0.25, 0.3) is 0 Å². The number of carbonyl (C=O) groups is 1. The molecule has 2 unspecified atom stereocenters. The number of rotatable bonds is 4. The zero-order valence-electron chi connectivity index (χ0n) is 11.4. The van der Waals surface area contributed by atoms with Gasteiger partial charge in [0.25, 0.3) is 0 Å². The SMILES string of the molecule is CC1CN(CC(=O)Cc2ccccc2F)C(C)CO1. The number of carbonyl (C=O) groups excluding carboxylic acids is 1. The molecule has 1 saturated heterocycles. The van der Waals surface area contributed by atoms with Gasteiger partial charge >= 0.3 is 0 Å². The lowest BCUT2D eigenvalue weighted by atomic mass is 10.1. The summed E-state index contributed by atoms with van der Waals surface area (Å²) in [6, 6.07) is 6.68. The fourth-order valence-electron chi connectivity index (χ4n) is 2.33. The van der Waals surface area contributed by atoms with Gasteiger partial charge in [-0.1, -0.05) is 18.2 Å².